The molecule has 0 heterocycles. The van der Waals surface area contributed by atoms with E-state index in [-0.39, 0.29) is 23.1 Å². The Morgan fingerprint density at radius 1 is 0.667 bits per heavy atom. The monoisotopic (exact) mass is 245 g/mol. The standard InChI is InChI=1S/C15H16O2.H3N/c1-15(2,11-3-7-13(16)8-4-11)12-5-9-14(17)10-6-12;/h3-10,16-17H,1-2H3;1H3. The third-order valence-corrected chi connectivity index (χ3v) is 3.18. The van der Waals surface area contributed by atoms with Crippen LogP contribution in [0.15, 0.2) is 48.5 Å². The van der Waals surface area contributed by atoms with Crippen LogP contribution in [0, 0.1) is 0 Å². The summed E-state index contributed by atoms with van der Waals surface area (Å²) in [6, 6.07) is 14.4. The predicted molar refractivity (Wildman–Crippen MR) is 73.4 cm³/mol. The van der Waals surface area contributed by atoms with Gasteiger partial charge in [0, 0.05) is 5.41 Å². The number of hydrogen-bond acceptors (Lipinski definition) is 3. The summed E-state index contributed by atoms with van der Waals surface area (Å²) < 4.78 is 0. The molecular weight excluding hydrogens is 226 g/mol. The van der Waals surface area contributed by atoms with Gasteiger partial charge >= 0.3 is 0 Å². The quantitative estimate of drug-likeness (QED) is 0.756. The molecule has 0 saturated carbocycles. The summed E-state index contributed by atoms with van der Waals surface area (Å²) in [5.74, 6) is 0.547. The van der Waals surface area contributed by atoms with Gasteiger partial charge in [-0.1, -0.05) is 38.1 Å². The lowest BCUT2D eigenvalue weighted by molar-refractivity contribution is 0.474. The van der Waals surface area contributed by atoms with Crippen LogP contribution in [0.3, 0.4) is 0 Å². The molecule has 0 aliphatic rings. The Bertz CT molecular complexity index is 454. The summed E-state index contributed by atoms with van der Waals surface area (Å²) in [5.41, 5.74) is 2.10. The van der Waals surface area contributed by atoms with Crippen LogP contribution in [0.4, 0.5) is 0 Å². The lowest BCUT2D eigenvalue weighted by Gasteiger charge is -2.26. The van der Waals surface area contributed by atoms with E-state index in [9.17, 15) is 10.2 Å². The fourth-order valence-corrected chi connectivity index (χ4v) is 1.92. The van der Waals surface area contributed by atoms with Crippen LogP contribution < -0.4 is 6.15 Å². The topological polar surface area (TPSA) is 75.5 Å². The van der Waals surface area contributed by atoms with E-state index in [1.807, 2.05) is 24.3 Å². The Morgan fingerprint density at radius 2 is 0.944 bits per heavy atom. The summed E-state index contributed by atoms with van der Waals surface area (Å²) in [6.45, 7) is 4.23. The number of rotatable bonds is 2. The Labute approximate surface area is 107 Å². The SMILES string of the molecule is CC(C)(c1ccc(O)cc1)c1ccc(O)cc1.N. The number of aromatic hydroxyl groups is 2. The first-order valence-corrected chi connectivity index (χ1v) is 5.59. The van der Waals surface area contributed by atoms with Gasteiger partial charge in [0.15, 0.2) is 0 Å². The molecule has 0 spiro atoms. The van der Waals surface area contributed by atoms with Crippen molar-refractivity contribution >= 4 is 0 Å². The van der Waals surface area contributed by atoms with Crippen molar-refractivity contribution in [2.45, 2.75) is 19.3 Å². The van der Waals surface area contributed by atoms with Gasteiger partial charge in [-0.2, -0.15) is 0 Å². The molecule has 0 radical (unpaired) electrons. The van der Waals surface area contributed by atoms with Gasteiger partial charge in [0.2, 0.25) is 0 Å². The molecule has 3 heteroatoms. The van der Waals surface area contributed by atoms with Gasteiger partial charge in [-0.15, -0.1) is 0 Å². The van der Waals surface area contributed by atoms with E-state index in [2.05, 4.69) is 13.8 Å². The Kier molecular flexibility index (Phi) is 3.99. The van der Waals surface area contributed by atoms with Crippen molar-refractivity contribution in [2.24, 2.45) is 0 Å². The molecule has 0 amide bonds. The second-order valence-electron chi connectivity index (χ2n) is 4.72. The Morgan fingerprint density at radius 3 is 1.22 bits per heavy atom. The van der Waals surface area contributed by atoms with E-state index in [1.54, 1.807) is 24.3 Å². The van der Waals surface area contributed by atoms with Crippen LogP contribution in [-0.4, -0.2) is 10.2 Å². The van der Waals surface area contributed by atoms with Crippen molar-refractivity contribution in [1.82, 2.24) is 6.15 Å². The largest absolute Gasteiger partial charge is 0.508 e. The molecule has 0 fully saturated rings. The lowest BCUT2D eigenvalue weighted by atomic mass is 9.78. The second kappa shape index (κ2) is 5.10. The highest BCUT2D eigenvalue weighted by Gasteiger charge is 2.22. The maximum Gasteiger partial charge on any atom is 0.115 e. The first-order chi connectivity index (χ1) is 8.00. The van der Waals surface area contributed by atoms with Gasteiger partial charge in [-0.05, 0) is 35.4 Å². The average Bonchev–Trinajstić information content (AvgIpc) is 2.30. The number of phenols is 2. The van der Waals surface area contributed by atoms with Crippen LogP contribution in [0.25, 0.3) is 0 Å². The van der Waals surface area contributed by atoms with Crippen LogP contribution in [0.1, 0.15) is 25.0 Å². The van der Waals surface area contributed by atoms with Crippen molar-refractivity contribution in [1.29, 1.82) is 0 Å². The first kappa shape index (κ1) is 14.1. The zero-order valence-electron chi connectivity index (χ0n) is 10.7. The van der Waals surface area contributed by atoms with E-state index in [1.165, 1.54) is 0 Å². The van der Waals surface area contributed by atoms with Crippen LogP contribution in [0.5, 0.6) is 11.5 Å². The molecule has 2 aromatic rings. The van der Waals surface area contributed by atoms with Crippen molar-refractivity contribution in [3.63, 3.8) is 0 Å². The van der Waals surface area contributed by atoms with E-state index >= 15 is 0 Å². The summed E-state index contributed by atoms with van der Waals surface area (Å²) in [4.78, 5) is 0. The molecule has 18 heavy (non-hydrogen) atoms. The van der Waals surface area contributed by atoms with Crippen molar-refractivity contribution in [2.75, 3.05) is 0 Å². The molecule has 0 aliphatic carbocycles. The molecule has 0 saturated heterocycles. The fourth-order valence-electron chi connectivity index (χ4n) is 1.92. The van der Waals surface area contributed by atoms with Crippen molar-refractivity contribution < 1.29 is 10.2 Å². The van der Waals surface area contributed by atoms with Gasteiger partial charge < -0.3 is 16.4 Å². The van der Waals surface area contributed by atoms with Crippen LogP contribution >= 0.6 is 0 Å². The lowest BCUT2D eigenvalue weighted by Crippen LogP contribution is -2.18. The number of hydrogen-bond donors (Lipinski definition) is 3. The number of phenolic OH excluding ortho intramolecular Hbond substituents is 2. The highest BCUT2D eigenvalue weighted by atomic mass is 16.3. The minimum absolute atomic E-state index is 0. The Balaban J connectivity index is 0.00000162. The van der Waals surface area contributed by atoms with Gasteiger partial charge in [0.1, 0.15) is 11.5 Å². The molecule has 0 aromatic heterocycles. The van der Waals surface area contributed by atoms with Crippen molar-refractivity contribution in [3.05, 3.63) is 59.7 Å². The molecule has 3 nitrogen and oxygen atoms in total. The first-order valence-electron chi connectivity index (χ1n) is 5.59. The summed E-state index contributed by atoms with van der Waals surface area (Å²) >= 11 is 0. The molecule has 0 unspecified atom stereocenters. The van der Waals surface area contributed by atoms with Crippen molar-refractivity contribution in [3.8, 4) is 11.5 Å². The molecule has 0 atom stereocenters. The molecule has 0 aliphatic heterocycles. The zero-order valence-corrected chi connectivity index (χ0v) is 10.7. The molecule has 2 rings (SSSR count). The second-order valence-corrected chi connectivity index (χ2v) is 4.72. The van der Waals surface area contributed by atoms with Gasteiger partial charge in [0.25, 0.3) is 0 Å². The smallest absolute Gasteiger partial charge is 0.115 e. The van der Waals surface area contributed by atoms with E-state index < -0.39 is 0 Å². The summed E-state index contributed by atoms with van der Waals surface area (Å²) in [5, 5.41) is 18.6. The third-order valence-electron chi connectivity index (χ3n) is 3.18. The van der Waals surface area contributed by atoms with Crippen LogP contribution in [0.2, 0.25) is 0 Å². The number of benzene rings is 2. The maximum absolute atomic E-state index is 9.30. The van der Waals surface area contributed by atoms with E-state index in [4.69, 9.17) is 0 Å². The summed E-state index contributed by atoms with van der Waals surface area (Å²) in [7, 11) is 0. The average molecular weight is 245 g/mol. The highest BCUT2D eigenvalue weighted by Crippen LogP contribution is 2.32. The maximum atomic E-state index is 9.30. The van der Waals surface area contributed by atoms with Crippen LogP contribution in [-0.2, 0) is 5.41 Å². The van der Waals surface area contributed by atoms with Gasteiger partial charge in [-0.3, -0.25) is 0 Å². The molecule has 96 valence electrons. The van der Waals surface area contributed by atoms with Gasteiger partial charge in [0.05, 0.1) is 0 Å². The molecule has 5 N–H and O–H groups in total. The van der Waals surface area contributed by atoms with E-state index in [0.717, 1.165) is 11.1 Å². The molecular formula is C15H19NO2. The van der Waals surface area contributed by atoms with E-state index in [0.29, 0.717) is 0 Å². The van der Waals surface area contributed by atoms with Gasteiger partial charge in [-0.25, -0.2) is 0 Å². The minimum Gasteiger partial charge on any atom is -0.508 e. The fraction of sp³-hybridized carbons (Fsp3) is 0.200. The molecule has 2 aromatic carbocycles. The Hall–Kier alpha value is -2.00. The normalized spacial score (nSPS) is 10.8. The zero-order chi connectivity index (χ0) is 12.5. The minimum atomic E-state index is -0.151. The summed E-state index contributed by atoms with van der Waals surface area (Å²) in [6.07, 6.45) is 0. The third kappa shape index (κ3) is 2.63. The highest BCUT2D eigenvalue weighted by molar-refractivity contribution is 5.41. The molecule has 0 bridgehead atoms. The predicted octanol–water partition coefficient (Wildman–Crippen LogP) is 3.59.